The highest BCUT2D eigenvalue weighted by Crippen LogP contribution is 2.26. The van der Waals surface area contributed by atoms with Gasteiger partial charge in [0.25, 0.3) is 0 Å². The SMILES string of the molecule is CCCCCN(C)c1ccccc1C(N)CC. The van der Waals surface area contributed by atoms with Crippen LogP contribution in [0.2, 0.25) is 0 Å². The van der Waals surface area contributed by atoms with Gasteiger partial charge in [-0.15, -0.1) is 0 Å². The highest BCUT2D eigenvalue weighted by molar-refractivity contribution is 5.54. The molecule has 0 bridgehead atoms. The highest BCUT2D eigenvalue weighted by Gasteiger charge is 2.11. The van der Waals surface area contributed by atoms with Crippen molar-refractivity contribution in [1.29, 1.82) is 0 Å². The molecule has 0 aliphatic rings. The number of hydrogen-bond donors (Lipinski definition) is 1. The molecule has 0 amide bonds. The lowest BCUT2D eigenvalue weighted by atomic mass is 10.0. The van der Waals surface area contributed by atoms with Gasteiger partial charge in [-0.2, -0.15) is 0 Å². The molecule has 2 N–H and O–H groups in total. The highest BCUT2D eigenvalue weighted by atomic mass is 15.1. The molecule has 0 radical (unpaired) electrons. The lowest BCUT2D eigenvalue weighted by Gasteiger charge is -2.24. The number of benzene rings is 1. The summed E-state index contributed by atoms with van der Waals surface area (Å²) in [5.41, 5.74) is 8.72. The van der Waals surface area contributed by atoms with Crippen molar-refractivity contribution in [2.75, 3.05) is 18.5 Å². The lowest BCUT2D eigenvalue weighted by Crippen LogP contribution is -2.22. The smallest absolute Gasteiger partial charge is 0.0412 e. The van der Waals surface area contributed by atoms with Crippen molar-refractivity contribution in [2.24, 2.45) is 5.73 Å². The van der Waals surface area contributed by atoms with E-state index in [2.05, 4.69) is 50.1 Å². The van der Waals surface area contributed by atoms with Crippen LogP contribution in [0.15, 0.2) is 24.3 Å². The van der Waals surface area contributed by atoms with Gasteiger partial charge in [-0.3, -0.25) is 0 Å². The second kappa shape index (κ2) is 7.33. The van der Waals surface area contributed by atoms with Crippen molar-refractivity contribution in [2.45, 2.75) is 45.6 Å². The third kappa shape index (κ3) is 4.04. The van der Waals surface area contributed by atoms with Crippen LogP contribution in [0.1, 0.15) is 51.1 Å². The van der Waals surface area contributed by atoms with E-state index in [1.54, 1.807) is 0 Å². The average molecular weight is 234 g/mol. The molecule has 17 heavy (non-hydrogen) atoms. The third-order valence-electron chi connectivity index (χ3n) is 3.28. The second-order valence-corrected chi connectivity index (χ2v) is 4.70. The molecule has 0 fully saturated rings. The summed E-state index contributed by atoms with van der Waals surface area (Å²) < 4.78 is 0. The van der Waals surface area contributed by atoms with Crippen LogP contribution in [0.5, 0.6) is 0 Å². The monoisotopic (exact) mass is 234 g/mol. The summed E-state index contributed by atoms with van der Waals surface area (Å²) in [6.07, 6.45) is 4.80. The summed E-state index contributed by atoms with van der Waals surface area (Å²) in [6, 6.07) is 8.65. The molecular weight excluding hydrogens is 208 g/mol. The Bertz CT molecular complexity index is 322. The number of hydrogen-bond acceptors (Lipinski definition) is 2. The molecule has 1 atom stereocenters. The van der Waals surface area contributed by atoms with Crippen molar-refractivity contribution in [3.8, 4) is 0 Å². The molecule has 0 aromatic heterocycles. The van der Waals surface area contributed by atoms with Gasteiger partial charge in [-0.1, -0.05) is 44.9 Å². The van der Waals surface area contributed by atoms with Crippen LogP contribution in [-0.4, -0.2) is 13.6 Å². The first kappa shape index (κ1) is 14.0. The van der Waals surface area contributed by atoms with Crippen LogP contribution in [0.25, 0.3) is 0 Å². The Morgan fingerprint density at radius 2 is 1.88 bits per heavy atom. The molecule has 0 aliphatic heterocycles. The Hall–Kier alpha value is -1.02. The van der Waals surface area contributed by atoms with Gasteiger partial charge >= 0.3 is 0 Å². The van der Waals surface area contributed by atoms with Crippen LogP contribution >= 0.6 is 0 Å². The first-order valence-electron chi connectivity index (χ1n) is 6.76. The van der Waals surface area contributed by atoms with Crippen molar-refractivity contribution in [3.63, 3.8) is 0 Å². The summed E-state index contributed by atoms with van der Waals surface area (Å²) in [7, 11) is 2.16. The fraction of sp³-hybridized carbons (Fsp3) is 0.600. The minimum Gasteiger partial charge on any atom is -0.374 e. The van der Waals surface area contributed by atoms with E-state index in [4.69, 9.17) is 5.73 Å². The third-order valence-corrected chi connectivity index (χ3v) is 3.28. The number of rotatable bonds is 7. The molecule has 0 saturated carbocycles. The summed E-state index contributed by atoms with van der Waals surface area (Å²) >= 11 is 0. The summed E-state index contributed by atoms with van der Waals surface area (Å²) in [4.78, 5) is 2.33. The maximum atomic E-state index is 6.16. The van der Waals surface area contributed by atoms with Crippen LogP contribution in [-0.2, 0) is 0 Å². The normalized spacial score (nSPS) is 12.5. The standard InChI is InChI=1S/C15H26N2/c1-4-6-9-12-17(3)15-11-8-7-10-13(15)14(16)5-2/h7-8,10-11,14H,4-6,9,12,16H2,1-3H3. The molecule has 96 valence electrons. The van der Waals surface area contributed by atoms with Crippen molar-refractivity contribution < 1.29 is 0 Å². The van der Waals surface area contributed by atoms with Gasteiger partial charge in [0.2, 0.25) is 0 Å². The molecule has 2 heteroatoms. The molecule has 1 unspecified atom stereocenters. The van der Waals surface area contributed by atoms with Crippen LogP contribution < -0.4 is 10.6 Å². The summed E-state index contributed by atoms with van der Waals surface area (Å²) in [5, 5.41) is 0. The fourth-order valence-corrected chi connectivity index (χ4v) is 2.09. The maximum absolute atomic E-state index is 6.16. The number of anilines is 1. The zero-order chi connectivity index (χ0) is 12.7. The molecule has 0 heterocycles. The first-order chi connectivity index (χ1) is 8.20. The van der Waals surface area contributed by atoms with Crippen LogP contribution in [0.3, 0.4) is 0 Å². The van der Waals surface area contributed by atoms with Gasteiger partial charge in [0.1, 0.15) is 0 Å². The lowest BCUT2D eigenvalue weighted by molar-refractivity contribution is 0.679. The van der Waals surface area contributed by atoms with Gasteiger partial charge in [0, 0.05) is 25.3 Å². The fourth-order valence-electron chi connectivity index (χ4n) is 2.09. The van der Waals surface area contributed by atoms with E-state index in [0.29, 0.717) is 0 Å². The van der Waals surface area contributed by atoms with E-state index in [-0.39, 0.29) is 6.04 Å². The molecule has 1 aromatic carbocycles. The minimum atomic E-state index is 0.153. The molecule has 2 nitrogen and oxygen atoms in total. The second-order valence-electron chi connectivity index (χ2n) is 4.70. The number of para-hydroxylation sites is 1. The zero-order valence-corrected chi connectivity index (χ0v) is 11.4. The van der Waals surface area contributed by atoms with Crippen LogP contribution in [0, 0.1) is 0 Å². The Kier molecular flexibility index (Phi) is 6.06. The van der Waals surface area contributed by atoms with Gasteiger partial charge in [0.15, 0.2) is 0 Å². The minimum absolute atomic E-state index is 0.153. The van der Waals surface area contributed by atoms with Crippen molar-refractivity contribution in [3.05, 3.63) is 29.8 Å². The number of nitrogens with zero attached hydrogens (tertiary/aromatic N) is 1. The van der Waals surface area contributed by atoms with E-state index in [0.717, 1.165) is 13.0 Å². The quantitative estimate of drug-likeness (QED) is 0.728. The maximum Gasteiger partial charge on any atom is 0.0412 e. The number of nitrogens with two attached hydrogens (primary N) is 1. The molecule has 0 aliphatic carbocycles. The predicted molar refractivity (Wildman–Crippen MR) is 76.5 cm³/mol. The van der Waals surface area contributed by atoms with E-state index in [1.165, 1.54) is 30.5 Å². The Labute approximate surface area is 106 Å². The topological polar surface area (TPSA) is 29.3 Å². The summed E-state index contributed by atoms with van der Waals surface area (Å²) in [5.74, 6) is 0. The van der Waals surface area contributed by atoms with Crippen molar-refractivity contribution >= 4 is 5.69 Å². The molecule has 1 rings (SSSR count). The van der Waals surface area contributed by atoms with Gasteiger partial charge in [-0.25, -0.2) is 0 Å². The predicted octanol–water partition coefficient (Wildman–Crippen LogP) is 3.72. The van der Waals surface area contributed by atoms with Gasteiger partial charge in [-0.05, 0) is 24.5 Å². The van der Waals surface area contributed by atoms with Crippen molar-refractivity contribution in [1.82, 2.24) is 0 Å². The molecule has 0 spiro atoms. The van der Waals surface area contributed by atoms with E-state index in [9.17, 15) is 0 Å². The molecule has 0 saturated heterocycles. The molecular formula is C15H26N2. The first-order valence-corrected chi connectivity index (χ1v) is 6.76. The Morgan fingerprint density at radius 1 is 1.18 bits per heavy atom. The van der Waals surface area contributed by atoms with Gasteiger partial charge in [0.05, 0.1) is 0 Å². The average Bonchev–Trinajstić information content (AvgIpc) is 2.38. The molecule has 1 aromatic rings. The van der Waals surface area contributed by atoms with E-state index in [1.807, 2.05) is 0 Å². The number of unbranched alkanes of at least 4 members (excludes halogenated alkanes) is 2. The zero-order valence-electron chi connectivity index (χ0n) is 11.4. The summed E-state index contributed by atoms with van der Waals surface area (Å²) in [6.45, 7) is 5.49. The largest absolute Gasteiger partial charge is 0.374 e. The Balaban J connectivity index is 2.74. The van der Waals surface area contributed by atoms with Gasteiger partial charge < -0.3 is 10.6 Å². The Morgan fingerprint density at radius 3 is 2.53 bits per heavy atom. The van der Waals surface area contributed by atoms with Crippen LogP contribution in [0.4, 0.5) is 5.69 Å². The van der Waals surface area contributed by atoms with E-state index < -0.39 is 0 Å². The van der Waals surface area contributed by atoms with E-state index >= 15 is 0 Å².